The Labute approximate surface area is 180 Å². The lowest BCUT2D eigenvalue weighted by Gasteiger charge is -2.32. The summed E-state index contributed by atoms with van der Waals surface area (Å²) in [5.74, 6) is 1.91. The number of H-pyrrole nitrogens is 1. The number of nitrogens with one attached hydrogen (secondary N) is 2. The molecule has 3 heterocycles. The fraction of sp³-hybridized carbons (Fsp3) is 0.458. The zero-order chi connectivity index (χ0) is 21.7. The highest BCUT2D eigenvalue weighted by Crippen LogP contribution is 2.45. The molecule has 5 rings (SSSR count). The van der Waals surface area contributed by atoms with Crippen LogP contribution in [0, 0.1) is 19.8 Å². The van der Waals surface area contributed by atoms with Gasteiger partial charge in [-0.2, -0.15) is 0 Å². The first-order chi connectivity index (χ1) is 15.0. The molecule has 7 heteroatoms. The predicted octanol–water partition coefficient (Wildman–Crippen LogP) is 2.42. The first kappa shape index (κ1) is 20.0. The average molecular weight is 421 g/mol. The van der Waals surface area contributed by atoms with Crippen molar-refractivity contribution in [2.24, 2.45) is 5.92 Å². The van der Waals surface area contributed by atoms with Crippen LogP contribution >= 0.6 is 0 Å². The average Bonchev–Trinajstić information content (AvgIpc) is 3.19. The second kappa shape index (κ2) is 7.64. The van der Waals surface area contributed by atoms with Crippen molar-refractivity contribution in [3.05, 3.63) is 67.6 Å². The van der Waals surface area contributed by atoms with Crippen LogP contribution in [0.4, 0.5) is 0 Å². The molecule has 3 atom stereocenters. The van der Waals surface area contributed by atoms with E-state index in [1.54, 1.807) is 13.3 Å². The highest BCUT2D eigenvalue weighted by Gasteiger charge is 2.40. The molecule has 1 fully saturated rings. The van der Waals surface area contributed by atoms with Crippen molar-refractivity contribution in [3.63, 3.8) is 0 Å². The van der Waals surface area contributed by atoms with Gasteiger partial charge in [0, 0.05) is 30.4 Å². The van der Waals surface area contributed by atoms with Gasteiger partial charge in [-0.25, -0.2) is 4.79 Å². The molecule has 0 radical (unpaired) electrons. The van der Waals surface area contributed by atoms with Crippen molar-refractivity contribution in [2.75, 3.05) is 13.7 Å². The lowest BCUT2D eigenvalue weighted by Crippen LogP contribution is -2.38. The van der Waals surface area contributed by atoms with Gasteiger partial charge in [0.05, 0.1) is 18.0 Å². The van der Waals surface area contributed by atoms with E-state index in [1.165, 1.54) is 15.7 Å². The number of aromatic nitrogens is 3. The molecule has 1 aliphatic carbocycles. The van der Waals surface area contributed by atoms with Gasteiger partial charge in [0.25, 0.3) is 5.56 Å². The first-order valence-corrected chi connectivity index (χ1v) is 11.0. The number of rotatable bonds is 4. The Hall–Kier alpha value is -2.93. The van der Waals surface area contributed by atoms with Crippen molar-refractivity contribution in [1.82, 2.24) is 19.9 Å². The summed E-state index contributed by atoms with van der Waals surface area (Å²) in [4.78, 5) is 33.0. The van der Waals surface area contributed by atoms with Crippen molar-refractivity contribution >= 4 is 10.9 Å². The van der Waals surface area contributed by atoms with Gasteiger partial charge in [0.2, 0.25) is 0 Å². The van der Waals surface area contributed by atoms with E-state index in [-0.39, 0.29) is 17.3 Å². The molecule has 0 spiro atoms. The van der Waals surface area contributed by atoms with Crippen molar-refractivity contribution < 1.29 is 4.74 Å². The lowest BCUT2D eigenvalue weighted by atomic mass is 9.73. The number of hydrogen-bond acceptors (Lipinski definition) is 5. The minimum atomic E-state index is -0.355. The highest BCUT2D eigenvalue weighted by molar-refractivity contribution is 5.80. The normalized spacial score (nSPS) is 22.4. The highest BCUT2D eigenvalue weighted by atomic mass is 16.5. The standard InChI is InChI=1S/C24H28N4O3/c1-13-14(2)25-12-18-22(13)27-24(30)28(23(18)29)10-9-19-21-15(11-26-19)7-8-16-17(21)5-4-6-20(16)31-3/h4-6,12,15,19,21,26H,7-11H2,1-3H3,(H,27,30)/t15-,19?,21+/m0/s1. The second-order valence-electron chi connectivity index (χ2n) is 8.80. The maximum absolute atomic E-state index is 13.0. The van der Waals surface area contributed by atoms with E-state index >= 15 is 0 Å². The van der Waals surface area contributed by atoms with Gasteiger partial charge >= 0.3 is 5.69 Å². The number of ether oxygens (including phenoxy) is 1. The molecule has 2 aliphatic rings. The smallest absolute Gasteiger partial charge is 0.328 e. The van der Waals surface area contributed by atoms with Gasteiger partial charge in [-0.1, -0.05) is 12.1 Å². The maximum atomic E-state index is 13.0. The van der Waals surface area contributed by atoms with E-state index in [0.29, 0.717) is 35.7 Å². The molecule has 0 amide bonds. The molecule has 2 N–H and O–H groups in total. The van der Waals surface area contributed by atoms with Crippen LogP contribution in [0.5, 0.6) is 5.75 Å². The van der Waals surface area contributed by atoms with Crippen LogP contribution in [0.1, 0.15) is 41.1 Å². The third kappa shape index (κ3) is 3.19. The number of methoxy groups -OCH3 is 1. The Morgan fingerprint density at radius 3 is 2.90 bits per heavy atom. The van der Waals surface area contributed by atoms with Crippen LogP contribution in [0.15, 0.2) is 34.0 Å². The van der Waals surface area contributed by atoms with Gasteiger partial charge < -0.3 is 15.0 Å². The summed E-state index contributed by atoms with van der Waals surface area (Å²) >= 11 is 0. The monoisotopic (exact) mass is 420 g/mol. The minimum absolute atomic E-state index is 0.219. The second-order valence-corrected chi connectivity index (χ2v) is 8.80. The lowest BCUT2D eigenvalue weighted by molar-refractivity contribution is 0.371. The van der Waals surface area contributed by atoms with Gasteiger partial charge in [-0.05, 0) is 68.3 Å². The number of hydrogen-bond donors (Lipinski definition) is 2. The van der Waals surface area contributed by atoms with E-state index in [2.05, 4.69) is 27.4 Å². The topological polar surface area (TPSA) is 89.0 Å². The van der Waals surface area contributed by atoms with Crippen molar-refractivity contribution in [3.8, 4) is 5.75 Å². The molecule has 1 aliphatic heterocycles. The molecule has 2 aromatic heterocycles. The Bertz CT molecular complexity index is 1280. The Morgan fingerprint density at radius 2 is 2.10 bits per heavy atom. The number of aryl methyl sites for hydroxylation is 2. The van der Waals surface area contributed by atoms with Gasteiger partial charge in [-0.3, -0.25) is 14.3 Å². The fourth-order valence-electron chi connectivity index (χ4n) is 5.51. The summed E-state index contributed by atoms with van der Waals surface area (Å²) in [7, 11) is 1.72. The molecule has 31 heavy (non-hydrogen) atoms. The molecule has 0 bridgehead atoms. The van der Waals surface area contributed by atoms with Crippen LogP contribution in [0.3, 0.4) is 0 Å². The fourth-order valence-corrected chi connectivity index (χ4v) is 5.51. The number of benzene rings is 1. The van der Waals surface area contributed by atoms with Gasteiger partial charge in [0.15, 0.2) is 0 Å². The van der Waals surface area contributed by atoms with Crippen LogP contribution in [-0.4, -0.2) is 34.2 Å². The Balaban J connectivity index is 1.45. The molecule has 162 valence electrons. The van der Waals surface area contributed by atoms with E-state index in [4.69, 9.17) is 4.74 Å². The molecule has 0 saturated carbocycles. The molecule has 3 aromatic rings. The maximum Gasteiger partial charge on any atom is 0.328 e. The molecular formula is C24H28N4O3. The first-order valence-electron chi connectivity index (χ1n) is 11.0. The number of fused-ring (bicyclic) bond motifs is 4. The quantitative estimate of drug-likeness (QED) is 0.677. The summed E-state index contributed by atoms with van der Waals surface area (Å²) < 4.78 is 6.92. The van der Waals surface area contributed by atoms with Crippen molar-refractivity contribution in [1.29, 1.82) is 0 Å². The predicted molar refractivity (Wildman–Crippen MR) is 120 cm³/mol. The van der Waals surface area contributed by atoms with Crippen LogP contribution < -0.4 is 21.3 Å². The summed E-state index contributed by atoms with van der Waals surface area (Å²) in [5.41, 5.74) is 4.27. The number of nitrogens with zero attached hydrogens (tertiary/aromatic N) is 2. The number of pyridine rings is 1. The zero-order valence-corrected chi connectivity index (χ0v) is 18.2. The summed E-state index contributed by atoms with van der Waals surface area (Å²) in [6.45, 7) is 5.09. The van der Waals surface area contributed by atoms with Crippen LogP contribution in [-0.2, 0) is 13.0 Å². The SMILES string of the molecule is COc1cccc2c1CC[C@H]1CNC(CCn3c(=O)[nH]c4c(C)c(C)ncc4c3=O)[C@@H]21. The Kier molecular flexibility index (Phi) is 4.93. The third-order valence-electron chi connectivity index (χ3n) is 7.29. The molecule has 1 saturated heterocycles. The van der Waals surface area contributed by atoms with Crippen LogP contribution in [0.2, 0.25) is 0 Å². The largest absolute Gasteiger partial charge is 0.496 e. The Morgan fingerprint density at radius 1 is 1.26 bits per heavy atom. The van der Waals surface area contributed by atoms with E-state index in [1.807, 2.05) is 19.9 Å². The minimum Gasteiger partial charge on any atom is -0.496 e. The molecule has 7 nitrogen and oxygen atoms in total. The zero-order valence-electron chi connectivity index (χ0n) is 18.2. The van der Waals surface area contributed by atoms with E-state index in [9.17, 15) is 9.59 Å². The van der Waals surface area contributed by atoms with E-state index < -0.39 is 0 Å². The van der Waals surface area contributed by atoms with Gasteiger partial charge in [-0.15, -0.1) is 0 Å². The molecule has 1 aromatic carbocycles. The van der Waals surface area contributed by atoms with Crippen LogP contribution in [0.25, 0.3) is 10.9 Å². The van der Waals surface area contributed by atoms with E-state index in [0.717, 1.165) is 36.4 Å². The molecular weight excluding hydrogens is 392 g/mol. The summed E-state index contributed by atoms with van der Waals surface area (Å²) in [6.07, 6.45) is 4.44. The number of aromatic amines is 1. The summed E-state index contributed by atoms with van der Waals surface area (Å²) in [6, 6.07) is 6.52. The van der Waals surface area contributed by atoms with Crippen molar-refractivity contribution in [2.45, 2.75) is 51.6 Å². The summed E-state index contributed by atoms with van der Waals surface area (Å²) in [5, 5.41) is 4.12. The van der Waals surface area contributed by atoms with Gasteiger partial charge in [0.1, 0.15) is 5.75 Å². The molecule has 1 unspecified atom stereocenters. The third-order valence-corrected chi connectivity index (χ3v) is 7.29.